The fourth-order valence-electron chi connectivity index (χ4n) is 1.90. The van der Waals surface area contributed by atoms with Gasteiger partial charge in [0.2, 0.25) is 0 Å². The molecule has 0 unspecified atom stereocenters. The van der Waals surface area contributed by atoms with Gasteiger partial charge in [0.15, 0.2) is 0 Å². The molecule has 5 nitrogen and oxygen atoms in total. The van der Waals surface area contributed by atoms with E-state index in [0.29, 0.717) is 16.1 Å². The molecule has 1 aromatic heterocycles. The number of carboxylic acid groups (broad SMARTS) is 1. The number of nitrogens with one attached hydrogen (secondary N) is 1. The molecule has 1 aromatic carbocycles. The predicted octanol–water partition coefficient (Wildman–Crippen LogP) is 3.19. The molecule has 2 aromatic rings. The Labute approximate surface area is 134 Å². The van der Waals surface area contributed by atoms with Crippen molar-refractivity contribution in [1.29, 1.82) is 0 Å². The maximum absolute atomic E-state index is 13.6. The van der Waals surface area contributed by atoms with Gasteiger partial charge in [0.1, 0.15) is 10.7 Å². The van der Waals surface area contributed by atoms with Gasteiger partial charge in [-0.05, 0) is 24.6 Å². The lowest BCUT2D eigenvalue weighted by molar-refractivity contribution is -0.137. The Bertz CT molecular complexity index is 720. The minimum absolute atomic E-state index is 0.0672. The molecule has 8 heteroatoms. The van der Waals surface area contributed by atoms with Crippen molar-refractivity contribution in [2.75, 3.05) is 0 Å². The van der Waals surface area contributed by atoms with E-state index in [1.165, 1.54) is 17.6 Å². The predicted molar refractivity (Wildman–Crippen MR) is 80.7 cm³/mol. The van der Waals surface area contributed by atoms with Gasteiger partial charge in [-0.1, -0.05) is 17.7 Å². The first-order valence-electron chi connectivity index (χ1n) is 6.26. The molecule has 116 valence electrons. The van der Waals surface area contributed by atoms with Crippen LogP contribution in [0, 0.1) is 12.7 Å². The topological polar surface area (TPSA) is 79.3 Å². The summed E-state index contributed by atoms with van der Waals surface area (Å²) in [6.07, 6.45) is -0.370. The molecule has 22 heavy (non-hydrogen) atoms. The number of thiazole rings is 1. The van der Waals surface area contributed by atoms with Gasteiger partial charge in [-0.3, -0.25) is 9.59 Å². The fourth-order valence-corrected chi connectivity index (χ4v) is 2.72. The molecule has 0 radical (unpaired) electrons. The standard InChI is InChI=1S/C14H12ClFN2O3S/c1-7-13(22-6-17-7)14(21)18-11(5-12(19)20)8-2-3-9(15)10(16)4-8/h2-4,6,11H,5H2,1H3,(H,18,21)(H,19,20)/t11-/m1/s1. The van der Waals surface area contributed by atoms with Gasteiger partial charge in [0.05, 0.1) is 28.7 Å². The van der Waals surface area contributed by atoms with Crippen molar-refractivity contribution >= 4 is 34.8 Å². The van der Waals surface area contributed by atoms with Crippen molar-refractivity contribution in [3.05, 3.63) is 50.7 Å². The summed E-state index contributed by atoms with van der Waals surface area (Å²) in [5.74, 6) is -2.22. The number of benzene rings is 1. The lowest BCUT2D eigenvalue weighted by atomic mass is 10.0. The minimum atomic E-state index is -1.11. The highest BCUT2D eigenvalue weighted by molar-refractivity contribution is 7.11. The number of carbonyl (C=O) groups is 2. The molecule has 1 heterocycles. The summed E-state index contributed by atoms with van der Waals surface area (Å²) in [5.41, 5.74) is 2.41. The van der Waals surface area contributed by atoms with E-state index in [1.807, 2.05) is 0 Å². The smallest absolute Gasteiger partial charge is 0.305 e. The molecule has 0 bridgehead atoms. The molecule has 1 atom stereocenters. The van der Waals surface area contributed by atoms with E-state index in [0.717, 1.165) is 17.4 Å². The van der Waals surface area contributed by atoms with Gasteiger partial charge >= 0.3 is 5.97 Å². The maximum Gasteiger partial charge on any atom is 0.305 e. The van der Waals surface area contributed by atoms with Crippen molar-refractivity contribution in [2.45, 2.75) is 19.4 Å². The van der Waals surface area contributed by atoms with Crippen molar-refractivity contribution in [3.63, 3.8) is 0 Å². The number of carboxylic acids is 1. The molecule has 1 amide bonds. The van der Waals surface area contributed by atoms with Gasteiger partial charge < -0.3 is 10.4 Å². The summed E-state index contributed by atoms with van der Waals surface area (Å²) in [6, 6.07) is 3.07. The number of halogens is 2. The molecule has 0 saturated heterocycles. The van der Waals surface area contributed by atoms with Crippen molar-refractivity contribution in [3.8, 4) is 0 Å². The summed E-state index contributed by atoms with van der Waals surface area (Å²) < 4.78 is 13.6. The van der Waals surface area contributed by atoms with Gasteiger partial charge in [0.25, 0.3) is 5.91 Å². The third-order valence-corrected chi connectivity index (χ3v) is 4.22. The van der Waals surface area contributed by atoms with Crippen LogP contribution in [-0.2, 0) is 4.79 Å². The largest absolute Gasteiger partial charge is 0.481 e. The number of aliphatic carboxylic acids is 1. The Hall–Kier alpha value is -1.99. The van der Waals surface area contributed by atoms with E-state index in [1.54, 1.807) is 6.92 Å². The third-order valence-electron chi connectivity index (χ3n) is 2.98. The van der Waals surface area contributed by atoms with Crippen LogP contribution in [0.5, 0.6) is 0 Å². The highest BCUT2D eigenvalue weighted by atomic mass is 35.5. The van der Waals surface area contributed by atoms with Crippen LogP contribution in [0.3, 0.4) is 0 Å². The van der Waals surface area contributed by atoms with Crippen LogP contribution in [0.15, 0.2) is 23.7 Å². The Kier molecular flexibility index (Phi) is 5.10. The molecule has 0 aliphatic heterocycles. The van der Waals surface area contributed by atoms with Gasteiger partial charge in [-0.15, -0.1) is 11.3 Å². The van der Waals surface area contributed by atoms with E-state index < -0.39 is 23.7 Å². The van der Waals surface area contributed by atoms with Crippen LogP contribution in [0.1, 0.15) is 33.4 Å². The molecule has 0 spiro atoms. The average Bonchev–Trinajstić information content (AvgIpc) is 2.87. The quantitative estimate of drug-likeness (QED) is 0.874. The first-order valence-corrected chi connectivity index (χ1v) is 7.52. The second-order valence-corrected chi connectivity index (χ2v) is 5.83. The number of aryl methyl sites for hydroxylation is 1. The Balaban J connectivity index is 2.26. The lowest BCUT2D eigenvalue weighted by Crippen LogP contribution is -2.30. The van der Waals surface area contributed by atoms with E-state index >= 15 is 0 Å². The normalized spacial score (nSPS) is 12.0. The van der Waals surface area contributed by atoms with E-state index in [4.69, 9.17) is 16.7 Å². The number of hydrogen-bond donors (Lipinski definition) is 2. The molecule has 2 rings (SSSR count). The third kappa shape index (κ3) is 3.80. The van der Waals surface area contributed by atoms with Crippen LogP contribution in [0.25, 0.3) is 0 Å². The van der Waals surface area contributed by atoms with Crippen LogP contribution in [0.2, 0.25) is 5.02 Å². The molecular weight excluding hydrogens is 331 g/mol. The number of carbonyl (C=O) groups excluding carboxylic acids is 1. The first-order chi connectivity index (χ1) is 10.4. The summed E-state index contributed by atoms with van der Waals surface area (Å²) in [6.45, 7) is 1.68. The van der Waals surface area contributed by atoms with Crippen LogP contribution >= 0.6 is 22.9 Å². The summed E-state index contributed by atoms with van der Waals surface area (Å²) in [7, 11) is 0. The Morgan fingerprint density at radius 3 is 2.77 bits per heavy atom. The first kappa shape index (κ1) is 16.4. The second kappa shape index (κ2) is 6.85. The molecular formula is C14H12ClFN2O3S. The van der Waals surface area contributed by atoms with Crippen molar-refractivity contribution < 1.29 is 19.1 Å². The highest BCUT2D eigenvalue weighted by Crippen LogP contribution is 2.23. The number of hydrogen-bond acceptors (Lipinski definition) is 4. The Morgan fingerprint density at radius 2 is 2.23 bits per heavy atom. The molecule has 2 N–H and O–H groups in total. The van der Waals surface area contributed by atoms with E-state index in [-0.39, 0.29) is 11.4 Å². The van der Waals surface area contributed by atoms with Crippen LogP contribution in [-0.4, -0.2) is 22.0 Å². The number of amides is 1. The number of nitrogens with zero attached hydrogens (tertiary/aromatic N) is 1. The van der Waals surface area contributed by atoms with E-state index in [2.05, 4.69) is 10.3 Å². The van der Waals surface area contributed by atoms with Crippen molar-refractivity contribution in [2.24, 2.45) is 0 Å². The summed E-state index contributed by atoms with van der Waals surface area (Å²) >= 11 is 6.77. The zero-order valence-corrected chi connectivity index (χ0v) is 13.0. The van der Waals surface area contributed by atoms with Crippen molar-refractivity contribution in [1.82, 2.24) is 10.3 Å². The summed E-state index contributed by atoms with van der Waals surface area (Å²) in [4.78, 5) is 27.5. The molecule has 0 aliphatic carbocycles. The van der Waals surface area contributed by atoms with Gasteiger partial charge in [-0.25, -0.2) is 9.37 Å². The fraction of sp³-hybridized carbons (Fsp3) is 0.214. The SMILES string of the molecule is Cc1ncsc1C(=O)N[C@H](CC(=O)O)c1ccc(Cl)c(F)c1. The van der Waals surface area contributed by atoms with Gasteiger partial charge in [-0.2, -0.15) is 0 Å². The average molecular weight is 343 g/mol. The zero-order valence-electron chi connectivity index (χ0n) is 11.5. The molecule has 0 saturated carbocycles. The number of rotatable bonds is 5. The summed E-state index contributed by atoms with van der Waals surface area (Å²) in [5, 5.41) is 11.5. The monoisotopic (exact) mass is 342 g/mol. The van der Waals surface area contributed by atoms with Gasteiger partial charge in [0, 0.05) is 0 Å². The highest BCUT2D eigenvalue weighted by Gasteiger charge is 2.21. The van der Waals surface area contributed by atoms with Crippen LogP contribution < -0.4 is 5.32 Å². The zero-order chi connectivity index (χ0) is 16.3. The number of aromatic nitrogens is 1. The maximum atomic E-state index is 13.6. The van der Waals surface area contributed by atoms with Crippen LogP contribution in [0.4, 0.5) is 4.39 Å². The lowest BCUT2D eigenvalue weighted by Gasteiger charge is -2.17. The second-order valence-electron chi connectivity index (χ2n) is 4.56. The Morgan fingerprint density at radius 1 is 1.50 bits per heavy atom. The minimum Gasteiger partial charge on any atom is -0.481 e. The van der Waals surface area contributed by atoms with E-state index in [9.17, 15) is 14.0 Å². The molecule has 0 fully saturated rings. The molecule has 0 aliphatic rings.